The molecule has 0 saturated carbocycles. The highest BCUT2D eigenvalue weighted by Gasteiger charge is 2.29. The summed E-state index contributed by atoms with van der Waals surface area (Å²) >= 11 is 6.29. The molecule has 1 aliphatic rings. The van der Waals surface area contributed by atoms with Crippen LogP contribution in [0.1, 0.15) is 23.3 Å². The van der Waals surface area contributed by atoms with E-state index in [2.05, 4.69) is 15.5 Å². The molecule has 136 valence electrons. The van der Waals surface area contributed by atoms with E-state index in [-0.39, 0.29) is 37.6 Å². The van der Waals surface area contributed by atoms with Crippen molar-refractivity contribution in [3.63, 3.8) is 0 Å². The van der Waals surface area contributed by atoms with Crippen LogP contribution in [-0.4, -0.2) is 47.2 Å². The van der Waals surface area contributed by atoms with Gasteiger partial charge in [0.15, 0.2) is 5.82 Å². The molecule has 0 aliphatic carbocycles. The number of hydrogen-bond acceptors (Lipinski definition) is 6. The molecule has 7 nitrogen and oxygen atoms in total. The first-order chi connectivity index (χ1) is 11.6. The summed E-state index contributed by atoms with van der Waals surface area (Å²) in [6.07, 6.45) is 0. The summed E-state index contributed by atoms with van der Waals surface area (Å²) in [5, 5.41) is 7.64. The van der Waals surface area contributed by atoms with E-state index >= 15 is 0 Å². The van der Waals surface area contributed by atoms with E-state index in [0.29, 0.717) is 29.8 Å². The number of piperazine rings is 1. The van der Waals surface area contributed by atoms with Gasteiger partial charge in [0.25, 0.3) is 5.89 Å². The molecule has 0 spiro atoms. The normalized spacial score (nSPS) is 17.2. The van der Waals surface area contributed by atoms with Crippen molar-refractivity contribution in [1.82, 2.24) is 20.4 Å². The van der Waals surface area contributed by atoms with Crippen LogP contribution in [0.25, 0.3) is 0 Å². The van der Waals surface area contributed by atoms with Crippen LogP contribution < -0.4 is 5.32 Å². The zero-order valence-corrected chi connectivity index (χ0v) is 15.3. The van der Waals surface area contributed by atoms with Crippen molar-refractivity contribution in [1.29, 1.82) is 0 Å². The smallest absolute Gasteiger partial charge is 0.252 e. The third-order valence-corrected chi connectivity index (χ3v) is 4.19. The van der Waals surface area contributed by atoms with Gasteiger partial charge in [-0.1, -0.05) is 35.0 Å². The number of hydrogen-bond donors (Lipinski definition) is 1. The quantitative estimate of drug-likeness (QED) is 0.847. The van der Waals surface area contributed by atoms with E-state index in [4.69, 9.17) is 20.9 Å². The maximum absolute atomic E-state index is 12.6. The number of rotatable bonds is 5. The first-order valence-corrected chi connectivity index (χ1v) is 8.14. The Labute approximate surface area is 157 Å². The topological polar surface area (TPSA) is 80.5 Å². The fourth-order valence-electron chi connectivity index (χ4n) is 2.73. The Morgan fingerprint density at radius 1 is 1.48 bits per heavy atom. The maximum Gasteiger partial charge on any atom is 0.252 e. The summed E-state index contributed by atoms with van der Waals surface area (Å²) in [5.74, 6) is 0.821. The highest BCUT2D eigenvalue weighted by Crippen LogP contribution is 2.28. The monoisotopic (exact) mass is 386 g/mol. The van der Waals surface area contributed by atoms with E-state index in [1.54, 1.807) is 11.8 Å². The molecule has 1 atom stereocenters. The molecule has 2 aromatic rings. The van der Waals surface area contributed by atoms with Gasteiger partial charge in [0.05, 0.1) is 6.04 Å². The molecule has 9 heteroatoms. The van der Waals surface area contributed by atoms with E-state index in [9.17, 15) is 4.79 Å². The van der Waals surface area contributed by atoms with Gasteiger partial charge in [-0.3, -0.25) is 4.79 Å². The van der Waals surface area contributed by atoms with Gasteiger partial charge in [0.1, 0.15) is 13.2 Å². The summed E-state index contributed by atoms with van der Waals surface area (Å²) in [5.41, 5.74) is 0.937. The standard InChI is InChI=1S/C16H19ClN4O3.ClH/c1-11-19-15(24-20-11)9-23-10-16(22)21-7-6-18-8-14(21)12-4-2-3-5-13(12)17;/h2-5,14,18H,6-10H2,1H3;1H. The molecule has 1 saturated heterocycles. The molecule has 1 aromatic carbocycles. The summed E-state index contributed by atoms with van der Waals surface area (Å²) in [4.78, 5) is 18.4. The number of amides is 1. The first kappa shape index (κ1) is 19.7. The van der Waals surface area contributed by atoms with Gasteiger partial charge in [-0.15, -0.1) is 12.4 Å². The number of aromatic nitrogens is 2. The average molecular weight is 387 g/mol. The Hall–Kier alpha value is -1.67. The van der Waals surface area contributed by atoms with Crippen molar-refractivity contribution in [3.8, 4) is 0 Å². The molecule has 1 amide bonds. The molecule has 1 N–H and O–H groups in total. The lowest BCUT2D eigenvalue weighted by molar-refractivity contribution is -0.140. The van der Waals surface area contributed by atoms with Gasteiger partial charge < -0.3 is 19.5 Å². The minimum absolute atomic E-state index is 0. The van der Waals surface area contributed by atoms with Gasteiger partial charge in [0.2, 0.25) is 5.91 Å². The van der Waals surface area contributed by atoms with Crippen LogP contribution in [0.4, 0.5) is 0 Å². The Morgan fingerprint density at radius 2 is 2.28 bits per heavy atom. The van der Waals surface area contributed by atoms with Crippen LogP contribution in [0, 0.1) is 6.92 Å². The lowest BCUT2D eigenvalue weighted by Crippen LogP contribution is -2.49. The molecule has 25 heavy (non-hydrogen) atoms. The molecule has 0 bridgehead atoms. The number of nitrogens with zero attached hydrogens (tertiary/aromatic N) is 3. The molecule has 3 rings (SSSR count). The molecule has 1 unspecified atom stereocenters. The zero-order chi connectivity index (χ0) is 16.9. The minimum Gasteiger partial charge on any atom is -0.362 e. The average Bonchev–Trinajstić information content (AvgIpc) is 3.00. The third kappa shape index (κ3) is 4.92. The number of nitrogens with one attached hydrogen (secondary N) is 1. The van der Waals surface area contributed by atoms with Crippen LogP contribution in [0.15, 0.2) is 28.8 Å². The number of benzene rings is 1. The fourth-order valence-corrected chi connectivity index (χ4v) is 2.99. The predicted molar refractivity (Wildman–Crippen MR) is 94.7 cm³/mol. The predicted octanol–water partition coefficient (Wildman–Crippen LogP) is 2.14. The zero-order valence-electron chi connectivity index (χ0n) is 13.8. The van der Waals surface area contributed by atoms with Crippen molar-refractivity contribution >= 4 is 29.9 Å². The number of carbonyl (C=O) groups excluding carboxylic acids is 1. The second-order valence-corrected chi connectivity index (χ2v) is 5.96. The van der Waals surface area contributed by atoms with Crippen LogP contribution in [-0.2, 0) is 16.1 Å². The van der Waals surface area contributed by atoms with Crippen LogP contribution in [0.2, 0.25) is 5.02 Å². The molecule has 1 aliphatic heterocycles. The largest absolute Gasteiger partial charge is 0.362 e. The van der Waals surface area contributed by atoms with Crippen LogP contribution >= 0.6 is 24.0 Å². The lowest BCUT2D eigenvalue weighted by Gasteiger charge is -2.36. The van der Waals surface area contributed by atoms with Gasteiger partial charge in [-0.05, 0) is 18.6 Å². The summed E-state index contributed by atoms with van der Waals surface area (Å²) < 4.78 is 10.4. The van der Waals surface area contributed by atoms with E-state index in [1.807, 2.05) is 24.3 Å². The second kappa shape index (κ2) is 9.15. The van der Waals surface area contributed by atoms with Gasteiger partial charge >= 0.3 is 0 Å². The van der Waals surface area contributed by atoms with Crippen molar-refractivity contribution in [2.45, 2.75) is 19.6 Å². The van der Waals surface area contributed by atoms with E-state index in [1.165, 1.54) is 0 Å². The molecule has 2 heterocycles. The molecular formula is C16H20Cl2N4O3. The molecule has 1 aromatic heterocycles. The van der Waals surface area contributed by atoms with Crippen molar-refractivity contribution < 1.29 is 14.1 Å². The number of carbonyl (C=O) groups is 1. The first-order valence-electron chi connectivity index (χ1n) is 7.76. The van der Waals surface area contributed by atoms with Gasteiger partial charge in [-0.2, -0.15) is 4.98 Å². The molecule has 1 fully saturated rings. The van der Waals surface area contributed by atoms with Crippen molar-refractivity contribution in [3.05, 3.63) is 46.6 Å². The van der Waals surface area contributed by atoms with Gasteiger partial charge in [0, 0.05) is 24.7 Å². The van der Waals surface area contributed by atoms with E-state index in [0.717, 1.165) is 12.1 Å². The number of halogens is 2. The molecular weight excluding hydrogens is 367 g/mol. The van der Waals surface area contributed by atoms with Crippen LogP contribution in [0.5, 0.6) is 0 Å². The second-order valence-electron chi connectivity index (χ2n) is 5.56. The Balaban J connectivity index is 0.00000225. The summed E-state index contributed by atoms with van der Waals surface area (Å²) in [6.45, 7) is 3.83. The summed E-state index contributed by atoms with van der Waals surface area (Å²) in [6, 6.07) is 7.48. The Morgan fingerprint density at radius 3 is 3.00 bits per heavy atom. The lowest BCUT2D eigenvalue weighted by atomic mass is 10.0. The molecule has 0 radical (unpaired) electrons. The minimum atomic E-state index is -0.103. The van der Waals surface area contributed by atoms with Crippen molar-refractivity contribution in [2.75, 3.05) is 26.2 Å². The van der Waals surface area contributed by atoms with Gasteiger partial charge in [-0.25, -0.2) is 0 Å². The Kier molecular flexibility index (Phi) is 7.19. The number of aryl methyl sites for hydroxylation is 1. The maximum atomic E-state index is 12.6. The van der Waals surface area contributed by atoms with E-state index < -0.39 is 0 Å². The fraction of sp³-hybridized carbons (Fsp3) is 0.438. The van der Waals surface area contributed by atoms with Crippen molar-refractivity contribution in [2.24, 2.45) is 0 Å². The number of ether oxygens (including phenoxy) is 1. The summed E-state index contributed by atoms with van der Waals surface area (Å²) in [7, 11) is 0. The highest BCUT2D eigenvalue weighted by molar-refractivity contribution is 6.31. The Bertz CT molecular complexity index is 710. The third-order valence-electron chi connectivity index (χ3n) is 3.85. The van der Waals surface area contributed by atoms with Crippen LogP contribution in [0.3, 0.4) is 0 Å². The SMILES string of the molecule is Cc1noc(COCC(=O)N2CCNCC2c2ccccc2Cl)n1.Cl. The highest BCUT2D eigenvalue weighted by atomic mass is 35.5.